The first kappa shape index (κ1) is 104. The summed E-state index contributed by atoms with van der Waals surface area (Å²) in [5.74, 6) is 1.52. The van der Waals surface area contributed by atoms with E-state index in [1.807, 2.05) is 79.7 Å². The van der Waals surface area contributed by atoms with Gasteiger partial charge in [0, 0.05) is 86.0 Å². The molecule has 1 unspecified atom stereocenters. The van der Waals surface area contributed by atoms with E-state index in [-0.39, 0.29) is 137 Å². The van der Waals surface area contributed by atoms with Crippen molar-refractivity contribution in [3.05, 3.63) is 135 Å². The van der Waals surface area contributed by atoms with E-state index in [0.29, 0.717) is 113 Å². The molecule has 0 bridgehead atoms. The SMILES string of the molecule is CC(C)[C@H](NC(=O)[C@@H](CCCCNC(=O)COC1CCCCCc2c1nnn2[C@H]1O[C@H](CO)[C@@H](O[C@H]2O[C@H](CO)[C@@H](O)[C@H](O)[C@H]2O)[C@H](O)[C@H]1O)CC(=O)CCOCCOCCOCCOCCCC(=O)CCC(=O)N1Cc2ccccc2C#Cc2ccccc21)C(=O)C[C@@H](C)C(=O)Nc1ccc2c(c1)[C@@]1(C)CCC[C@](C)(C(=O)NC(=O)[C@@]3(C)CCC[C@]4(C)c5cc(N)ccc5CC[C@@H]34)[C@@H]1CC2. The van der Waals surface area contributed by atoms with Crippen molar-refractivity contribution in [2.75, 3.05) is 95.2 Å². The van der Waals surface area contributed by atoms with Crippen molar-refractivity contribution in [3.8, 4) is 11.8 Å². The summed E-state index contributed by atoms with van der Waals surface area (Å²) < 4.78 is 47.8. The Labute approximate surface area is 796 Å². The number of aromatic nitrogens is 3. The molecular weight excluding hydrogens is 1750 g/mol. The number of Topliss-reactive ketones (excluding diaryl/α,β-unsaturated/α-hetero) is 3. The first-order chi connectivity index (χ1) is 65.3. The predicted octanol–water partition coefficient (Wildman–Crippen LogP) is 7.96. The zero-order valence-corrected chi connectivity index (χ0v) is 79.7. The van der Waals surface area contributed by atoms with Crippen LogP contribution in [-0.4, -0.2) is 244 Å². The van der Waals surface area contributed by atoms with Crippen LogP contribution >= 0.6 is 0 Å². The number of benzene rings is 4. The minimum Gasteiger partial charge on any atom is -0.399 e. The number of hydrogen-bond donors (Lipinski definition) is 12. The molecule has 8 aliphatic rings. The van der Waals surface area contributed by atoms with Crippen LogP contribution in [0.15, 0.2) is 84.9 Å². The van der Waals surface area contributed by atoms with E-state index in [9.17, 15) is 74.1 Å². The Hall–Kier alpha value is -9.19. The minimum absolute atomic E-state index is 0.0214. The fourth-order valence-electron chi connectivity index (χ4n) is 22.2. The number of fused-ring (bicyclic) bond motifs is 9. The number of nitrogens with one attached hydrogen (secondary N) is 4. The van der Waals surface area contributed by atoms with Crippen LogP contribution < -0.4 is 31.9 Å². The molecule has 2 saturated heterocycles. The second kappa shape index (κ2) is 47.6. The Morgan fingerprint density at radius 3 is 1.90 bits per heavy atom. The topological polar surface area (TPSA) is 477 Å². The normalized spacial score (nSPS) is 27.9. The van der Waals surface area contributed by atoms with E-state index in [1.165, 1.54) is 15.8 Å². The molecule has 33 heteroatoms. The summed E-state index contributed by atoms with van der Waals surface area (Å²) in [5.41, 5.74) is 14.0. The summed E-state index contributed by atoms with van der Waals surface area (Å²) in [6.45, 7) is 14.4. The third-order valence-corrected chi connectivity index (χ3v) is 30.0. The number of aryl methyl sites for hydroxylation is 2. The van der Waals surface area contributed by atoms with Gasteiger partial charge in [-0.25, -0.2) is 4.68 Å². The molecule has 136 heavy (non-hydrogen) atoms. The number of aliphatic hydroxyl groups excluding tert-OH is 7. The van der Waals surface area contributed by atoms with Gasteiger partial charge in [-0.1, -0.05) is 140 Å². The smallest absolute Gasteiger partial charge is 0.246 e. The molecule has 2 saturated carbocycles. The average molecular weight is 1890 g/mol. The summed E-state index contributed by atoms with van der Waals surface area (Å²) in [6.07, 6.45) is -4.86. The molecule has 5 aliphatic carbocycles. The number of aliphatic hydroxyl groups is 7. The number of nitrogens with two attached hydrogens (primary N) is 1. The number of nitrogens with zero attached hydrogens (tertiary/aromatic N) is 4. The average Bonchev–Trinajstić information content (AvgIpc) is 0.753. The summed E-state index contributed by atoms with van der Waals surface area (Å²) in [4.78, 5) is 129. The van der Waals surface area contributed by atoms with Gasteiger partial charge < -0.3 is 100 Å². The van der Waals surface area contributed by atoms with Crippen molar-refractivity contribution >= 4 is 69.9 Å². The van der Waals surface area contributed by atoms with Gasteiger partial charge in [0.15, 0.2) is 18.3 Å². The van der Waals surface area contributed by atoms with Gasteiger partial charge >= 0.3 is 0 Å². The summed E-state index contributed by atoms with van der Waals surface area (Å²) >= 11 is 0. The van der Waals surface area contributed by atoms with Crippen LogP contribution in [0, 0.1) is 52.3 Å². The maximum Gasteiger partial charge on any atom is 0.246 e. The maximum absolute atomic E-state index is 15.0. The molecule has 33 nitrogen and oxygen atoms in total. The molecule has 20 atom stereocenters. The number of anilines is 3. The number of carbonyl (C=O) groups is 9. The summed E-state index contributed by atoms with van der Waals surface area (Å²) in [6, 6.07) is 26.3. The minimum atomic E-state index is -1.85. The van der Waals surface area contributed by atoms with Gasteiger partial charge in [-0.3, -0.25) is 48.5 Å². The molecule has 5 aromatic rings. The fourth-order valence-corrected chi connectivity index (χ4v) is 22.2. The molecule has 13 rings (SSSR count). The number of unbranched alkanes of at least 4 members (excludes halogenated alkanes) is 1. The highest BCUT2D eigenvalue weighted by atomic mass is 16.7. The molecule has 0 spiro atoms. The van der Waals surface area contributed by atoms with E-state index in [0.717, 1.165) is 84.9 Å². The molecule has 4 heterocycles. The maximum atomic E-state index is 15.0. The Morgan fingerprint density at radius 1 is 0.588 bits per heavy atom. The first-order valence-electron chi connectivity index (χ1n) is 49.0. The van der Waals surface area contributed by atoms with Gasteiger partial charge in [0.25, 0.3) is 0 Å². The lowest BCUT2D eigenvalue weighted by Crippen LogP contribution is -2.63. The Balaban J connectivity index is 0.570. The quantitative estimate of drug-likeness (QED) is 0.00761. The Morgan fingerprint density at radius 2 is 1.22 bits per heavy atom. The number of amides is 6. The molecule has 0 radical (unpaired) electrons. The van der Waals surface area contributed by atoms with Crippen LogP contribution in [0.1, 0.15) is 252 Å². The van der Waals surface area contributed by atoms with Crippen molar-refractivity contribution < 1.29 is 117 Å². The number of para-hydroxylation sites is 1. The number of carbonyl (C=O) groups excluding carboxylic acids is 9. The van der Waals surface area contributed by atoms with Crippen molar-refractivity contribution in [1.29, 1.82) is 0 Å². The van der Waals surface area contributed by atoms with Gasteiger partial charge in [0.05, 0.1) is 94.3 Å². The van der Waals surface area contributed by atoms with E-state index < -0.39 is 145 Å². The number of ketones is 3. The lowest BCUT2D eigenvalue weighted by molar-refractivity contribution is -0.347. The predicted molar refractivity (Wildman–Crippen MR) is 501 cm³/mol. The van der Waals surface area contributed by atoms with Crippen molar-refractivity contribution in [3.63, 3.8) is 0 Å². The fraction of sp³-hybridized carbons (Fsp3) is 0.641. The Bertz CT molecular complexity index is 5050. The zero-order valence-electron chi connectivity index (χ0n) is 79.7. The molecule has 742 valence electrons. The lowest BCUT2D eigenvalue weighted by Gasteiger charge is -2.56. The largest absolute Gasteiger partial charge is 0.399 e. The van der Waals surface area contributed by atoms with Gasteiger partial charge in [-0.05, 0) is 189 Å². The van der Waals surface area contributed by atoms with Crippen LogP contribution in [0.2, 0.25) is 0 Å². The van der Waals surface area contributed by atoms with E-state index in [1.54, 1.807) is 25.7 Å². The standard InChI is InChI=1S/C103H141N9O24/c1-62(2)86(78(117)54-63(3)94(125)106-71-35-31-66-33-38-83-101(5,75(66)57-71)42-19-44-103(83,7)99(128)108-98(127)102(6)43-18-41-100(4)74-56-70(104)34-30-65(74)32-37-82(100)102)107-95(126)68(55-73(116)40-47-130-49-51-132-53-52-131-50-48-129-46-17-24-72(115)36-39-85(119)111-58-69-23-12-11-20-64(69)28-29-67-21-13-14-25-76(67)111)22-15-16-45-105-84(118)61-133-79-27-10-8-9-26-77-87(79)109-110-112(77)96-91(123)90(122)93(81(60-114)134-96)136-97-92(124)89(121)88(120)80(59-113)135-97/h11-14,20-21,23,25,30-31,34-35,56-57,62-63,68,79-83,86,88-93,96-97,113-114,120-124H,8-10,15-19,22,24,26-27,32-33,36-55,58-61,104H2,1-7H3,(H,105,118)(H,106,125)(H,107,126)(H,108,127,128)/t63-,68+,79?,80-,81-,82-,83-,86+,88-,89+,90-,91-,92-,93-,96+,97-,100-,101-,102+,103+/m1/s1. The van der Waals surface area contributed by atoms with Crippen LogP contribution in [0.5, 0.6) is 0 Å². The molecule has 4 fully saturated rings. The Kier molecular flexibility index (Phi) is 36.5. The molecule has 6 amide bonds. The third-order valence-electron chi connectivity index (χ3n) is 30.0. The number of hydrogen-bond acceptors (Lipinski definition) is 27. The monoisotopic (exact) mass is 1890 g/mol. The van der Waals surface area contributed by atoms with Crippen molar-refractivity contribution in [2.45, 2.75) is 300 Å². The molecule has 13 N–H and O–H groups in total. The summed E-state index contributed by atoms with van der Waals surface area (Å²) in [7, 11) is 0. The van der Waals surface area contributed by atoms with Crippen LogP contribution in [0.25, 0.3) is 0 Å². The summed E-state index contributed by atoms with van der Waals surface area (Å²) in [5, 5.41) is 95.4. The number of ether oxygens (including phenoxy) is 8. The van der Waals surface area contributed by atoms with Crippen molar-refractivity contribution in [2.24, 2.45) is 40.4 Å². The van der Waals surface area contributed by atoms with Crippen LogP contribution in [-0.2, 0) is 118 Å². The zero-order chi connectivity index (χ0) is 97.2. The third kappa shape index (κ3) is 24.6. The molecular formula is C103H141N9O24. The van der Waals surface area contributed by atoms with E-state index >= 15 is 4.79 Å². The number of nitrogen functional groups attached to an aromatic ring is 1. The van der Waals surface area contributed by atoms with Crippen LogP contribution in [0.4, 0.5) is 17.1 Å². The molecule has 3 aliphatic heterocycles. The van der Waals surface area contributed by atoms with E-state index in [2.05, 4.69) is 76.3 Å². The van der Waals surface area contributed by atoms with E-state index in [4.69, 9.17) is 43.6 Å². The highest BCUT2D eigenvalue weighted by Gasteiger charge is 2.60. The van der Waals surface area contributed by atoms with Crippen molar-refractivity contribution in [1.82, 2.24) is 30.9 Å². The highest BCUT2D eigenvalue weighted by Crippen LogP contribution is 2.60. The second-order valence-corrected chi connectivity index (χ2v) is 39.7. The van der Waals surface area contributed by atoms with Gasteiger partial charge in [0.2, 0.25) is 35.4 Å². The first-order valence-corrected chi connectivity index (χ1v) is 49.0. The molecule has 1 aromatic heterocycles. The second-order valence-electron chi connectivity index (χ2n) is 39.7. The van der Waals surface area contributed by atoms with Gasteiger partial charge in [-0.2, -0.15) is 0 Å². The van der Waals surface area contributed by atoms with Gasteiger partial charge in [0.1, 0.15) is 78.8 Å². The molecule has 4 aromatic carbocycles. The lowest BCUT2D eigenvalue weighted by atomic mass is 9.49. The van der Waals surface area contributed by atoms with Gasteiger partial charge in [-0.15, -0.1) is 5.10 Å². The highest BCUT2D eigenvalue weighted by molar-refractivity contribution is 6.02. The number of imide groups is 1. The number of rotatable bonds is 44. The van der Waals surface area contributed by atoms with Crippen LogP contribution in [0.3, 0.4) is 0 Å².